The van der Waals surface area contributed by atoms with E-state index in [1.807, 2.05) is 3.58 Å². The SMILES string of the molecule is CCC[CH2][Sn]([CH2]CCC)([CH2]CCC)[c]1cccc2c1Cc1ccccc1-2. The van der Waals surface area contributed by atoms with Gasteiger partial charge in [-0.25, -0.2) is 0 Å². The van der Waals surface area contributed by atoms with Crippen LogP contribution >= 0.6 is 0 Å². The molecule has 1 aliphatic carbocycles. The fourth-order valence-electron chi connectivity index (χ4n) is 4.98. The summed E-state index contributed by atoms with van der Waals surface area (Å²) in [6.07, 6.45) is 9.58. The molecule has 0 aromatic heterocycles. The molecule has 0 nitrogen and oxygen atoms in total. The summed E-state index contributed by atoms with van der Waals surface area (Å²) in [6.45, 7) is 7.13. The van der Waals surface area contributed by atoms with Crippen molar-refractivity contribution in [2.45, 2.75) is 79.0 Å². The molecular formula is C25H36Sn. The standard InChI is InChI=1S/C13H9.3C4H9.Sn/c1-3-7-12-10(5-1)9-11-6-2-4-8-13(11)12;3*1-3-4-2;/h1-5,7-8H,9H2;3*1,3-4H2,2H3;. The normalized spacial score (nSPS) is 12.9. The number of hydrogen-bond acceptors (Lipinski definition) is 0. The average molecular weight is 455 g/mol. The van der Waals surface area contributed by atoms with E-state index in [0.29, 0.717) is 0 Å². The minimum absolute atomic E-state index is 1.19. The molecule has 0 spiro atoms. The average Bonchev–Trinajstić information content (AvgIpc) is 3.06. The van der Waals surface area contributed by atoms with E-state index in [9.17, 15) is 0 Å². The van der Waals surface area contributed by atoms with Crippen LogP contribution in [-0.4, -0.2) is 18.4 Å². The zero-order valence-electron chi connectivity index (χ0n) is 17.1. The summed E-state index contributed by atoms with van der Waals surface area (Å²) < 4.78 is 6.59. The monoisotopic (exact) mass is 456 g/mol. The summed E-state index contributed by atoms with van der Waals surface area (Å²) in [6, 6.07) is 16.5. The van der Waals surface area contributed by atoms with Gasteiger partial charge in [0, 0.05) is 0 Å². The first kappa shape index (κ1) is 20.0. The Morgan fingerprint density at radius 2 is 1.27 bits per heavy atom. The molecule has 0 radical (unpaired) electrons. The molecule has 0 N–H and O–H groups in total. The first-order chi connectivity index (χ1) is 12.8. The number of rotatable bonds is 10. The second kappa shape index (κ2) is 9.44. The van der Waals surface area contributed by atoms with Crippen LogP contribution in [0.3, 0.4) is 0 Å². The first-order valence-electron chi connectivity index (χ1n) is 11.0. The fourth-order valence-corrected chi connectivity index (χ4v) is 22.0. The molecule has 0 saturated carbocycles. The Balaban J connectivity index is 2.06. The maximum atomic E-state index is 2.57. The number of benzene rings is 2. The van der Waals surface area contributed by atoms with Gasteiger partial charge in [0.15, 0.2) is 0 Å². The van der Waals surface area contributed by atoms with Gasteiger partial charge in [0.05, 0.1) is 0 Å². The summed E-state index contributed by atoms with van der Waals surface area (Å²) >= 11 is -2.36. The van der Waals surface area contributed by atoms with Crippen LogP contribution in [0.5, 0.6) is 0 Å². The summed E-state index contributed by atoms with van der Waals surface area (Å²) in [5, 5.41) is 0. The third kappa shape index (κ3) is 4.05. The predicted octanol–water partition coefficient (Wildman–Crippen LogP) is 7.31. The van der Waals surface area contributed by atoms with Crippen molar-refractivity contribution in [1.29, 1.82) is 0 Å². The van der Waals surface area contributed by atoms with Gasteiger partial charge in [0.1, 0.15) is 0 Å². The van der Waals surface area contributed by atoms with Crippen LogP contribution in [0.1, 0.15) is 70.4 Å². The molecule has 2 aromatic carbocycles. The van der Waals surface area contributed by atoms with Gasteiger partial charge in [0.25, 0.3) is 0 Å². The second-order valence-electron chi connectivity index (χ2n) is 8.26. The van der Waals surface area contributed by atoms with E-state index in [1.54, 1.807) is 30.0 Å². The Labute approximate surface area is 165 Å². The van der Waals surface area contributed by atoms with E-state index in [4.69, 9.17) is 0 Å². The zero-order valence-corrected chi connectivity index (χ0v) is 20.0. The zero-order chi connectivity index (χ0) is 18.4. The van der Waals surface area contributed by atoms with Gasteiger partial charge < -0.3 is 0 Å². The van der Waals surface area contributed by atoms with E-state index in [1.165, 1.54) is 50.5 Å². The molecule has 0 aliphatic heterocycles. The topological polar surface area (TPSA) is 0 Å². The van der Waals surface area contributed by atoms with E-state index < -0.39 is 18.4 Å². The minimum atomic E-state index is -2.36. The summed E-state index contributed by atoms with van der Waals surface area (Å²) in [7, 11) is 0. The van der Waals surface area contributed by atoms with E-state index in [-0.39, 0.29) is 0 Å². The second-order valence-corrected chi connectivity index (χ2v) is 21.4. The van der Waals surface area contributed by atoms with Crippen LogP contribution in [0.25, 0.3) is 11.1 Å². The van der Waals surface area contributed by atoms with Gasteiger partial charge in [-0.1, -0.05) is 0 Å². The predicted molar refractivity (Wildman–Crippen MR) is 119 cm³/mol. The number of fused-ring (bicyclic) bond motifs is 3. The van der Waals surface area contributed by atoms with Gasteiger partial charge in [-0.3, -0.25) is 0 Å². The number of hydrogen-bond donors (Lipinski definition) is 0. The Kier molecular flexibility index (Phi) is 7.26. The molecule has 0 bridgehead atoms. The van der Waals surface area contributed by atoms with Gasteiger partial charge in [-0.15, -0.1) is 0 Å². The Morgan fingerprint density at radius 3 is 1.88 bits per heavy atom. The van der Waals surface area contributed by atoms with Gasteiger partial charge in [-0.05, 0) is 0 Å². The van der Waals surface area contributed by atoms with Gasteiger partial charge in [0.2, 0.25) is 0 Å². The molecule has 3 rings (SSSR count). The van der Waals surface area contributed by atoms with Crippen molar-refractivity contribution in [3.8, 4) is 11.1 Å². The Morgan fingerprint density at radius 1 is 0.692 bits per heavy atom. The molecule has 1 heteroatoms. The van der Waals surface area contributed by atoms with Crippen molar-refractivity contribution in [2.75, 3.05) is 0 Å². The van der Waals surface area contributed by atoms with Crippen molar-refractivity contribution in [3.63, 3.8) is 0 Å². The molecule has 140 valence electrons. The molecule has 0 amide bonds. The van der Waals surface area contributed by atoms with Crippen molar-refractivity contribution in [3.05, 3.63) is 53.6 Å². The third-order valence-corrected chi connectivity index (χ3v) is 22.3. The first-order valence-corrected chi connectivity index (χ1v) is 18.4. The summed E-state index contributed by atoms with van der Waals surface area (Å²) in [5.41, 5.74) is 6.35. The maximum absolute atomic E-state index is 2.57. The van der Waals surface area contributed by atoms with Crippen LogP contribution in [0.2, 0.25) is 13.3 Å². The fraction of sp³-hybridized carbons (Fsp3) is 0.520. The van der Waals surface area contributed by atoms with Gasteiger partial charge in [-0.2, -0.15) is 0 Å². The Bertz CT molecular complexity index is 694. The van der Waals surface area contributed by atoms with Crippen LogP contribution in [0, 0.1) is 0 Å². The molecule has 0 fully saturated rings. The van der Waals surface area contributed by atoms with Crippen LogP contribution in [0.15, 0.2) is 42.5 Å². The molecule has 0 saturated heterocycles. The molecule has 2 aromatic rings. The molecule has 0 unspecified atom stereocenters. The van der Waals surface area contributed by atoms with Crippen molar-refractivity contribution in [1.82, 2.24) is 0 Å². The summed E-state index contributed by atoms with van der Waals surface area (Å²) in [5.74, 6) is 0. The molecule has 1 aliphatic rings. The molecular weight excluding hydrogens is 419 g/mol. The van der Waals surface area contributed by atoms with E-state index in [2.05, 4.69) is 63.2 Å². The number of unbranched alkanes of at least 4 members (excludes halogenated alkanes) is 3. The van der Waals surface area contributed by atoms with E-state index >= 15 is 0 Å². The quantitative estimate of drug-likeness (QED) is 0.281. The van der Waals surface area contributed by atoms with E-state index in [0.717, 1.165) is 0 Å². The molecule has 0 heterocycles. The summed E-state index contributed by atoms with van der Waals surface area (Å²) in [4.78, 5) is 0. The van der Waals surface area contributed by atoms with Crippen LogP contribution < -0.4 is 3.58 Å². The van der Waals surface area contributed by atoms with Gasteiger partial charge >= 0.3 is 166 Å². The Hall–Kier alpha value is -0.761. The van der Waals surface area contributed by atoms with Crippen molar-refractivity contribution in [2.24, 2.45) is 0 Å². The van der Waals surface area contributed by atoms with Crippen molar-refractivity contribution >= 4 is 22.0 Å². The van der Waals surface area contributed by atoms with Crippen molar-refractivity contribution < 1.29 is 0 Å². The molecule has 0 atom stereocenters. The molecule has 26 heavy (non-hydrogen) atoms. The van der Waals surface area contributed by atoms with Crippen LogP contribution in [-0.2, 0) is 6.42 Å². The third-order valence-electron chi connectivity index (χ3n) is 6.45. The van der Waals surface area contributed by atoms with Crippen LogP contribution in [0.4, 0.5) is 0 Å².